The number of rotatable bonds is 4. The van der Waals surface area contributed by atoms with E-state index in [0.29, 0.717) is 13.0 Å². The van der Waals surface area contributed by atoms with Crippen molar-refractivity contribution < 1.29 is 13.2 Å². The zero-order valence-corrected chi connectivity index (χ0v) is 13.7. The summed E-state index contributed by atoms with van der Waals surface area (Å²) in [5.74, 6) is -0.0586. The summed E-state index contributed by atoms with van der Waals surface area (Å²) in [4.78, 5) is 14.6. The molecular formula is C15H18N4O3S. The van der Waals surface area contributed by atoms with Gasteiger partial charge in [-0.15, -0.1) is 0 Å². The number of hydrogen-bond acceptors (Lipinski definition) is 4. The number of fused-ring (bicyclic) bond motifs is 1. The van der Waals surface area contributed by atoms with Crippen LogP contribution in [0.1, 0.15) is 18.5 Å². The number of anilines is 1. The molecule has 1 aliphatic heterocycles. The number of carbonyl (C=O) groups excluding carboxylic acids is 1. The van der Waals surface area contributed by atoms with Crippen LogP contribution in [0.5, 0.6) is 0 Å². The van der Waals surface area contributed by atoms with Crippen molar-refractivity contribution in [3.63, 3.8) is 0 Å². The molecular weight excluding hydrogens is 316 g/mol. The molecule has 0 fully saturated rings. The van der Waals surface area contributed by atoms with Gasteiger partial charge in [-0.25, -0.2) is 13.1 Å². The summed E-state index contributed by atoms with van der Waals surface area (Å²) in [6.45, 7) is 2.34. The number of amides is 1. The van der Waals surface area contributed by atoms with Crippen molar-refractivity contribution in [2.24, 2.45) is 0 Å². The summed E-state index contributed by atoms with van der Waals surface area (Å²) in [5, 5.41) is 4.10. The van der Waals surface area contributed by atoms with Gasteiger partial charge in [0.25, 0.3) is 5.91 Å². The smallest absolute Gasteiger partial charge is 0.251 e. The Morgan fingerprint density at radius 2 is 2.17 bits per heavy atom. The molecule has 8 heteroatoms. The summed E-state index contributed by atoms with van der Waals surface area (Å²) in [6, 6.07) is 6.22. The minimum atomic E-state index is -3.48. The fourth-order valence-corrected chi connectivity index (χ4v) is 3.52. The van der Waals surface area contributed by atoms with Crippen molar-refractivity contribution in [2.75, 3.05) is 18.5 Å². The molecule has 1 amide bonds. The first-order valence-corrected chi connectivity index (χ1v) is 8.79. The number of nitrogens with one attached hydrogen (secondary N) is 1. The van der Waals surface area contributed by atoms with E-state index in [1.54, 1.807) is 47.1 Å². The second-order valence-corrected chi connectivity index (χ2v) is 7.29. The Morgan fingerprint density at radius 3 is 2.83 bits per heavy atom. The number of carbonyl (C=O) groups is 1. The maximum Gasteiger partial charge on any atom is 0.251 e. The van der Waals surface area contributed by atoms with Crippen molar-refractivity contribution in [3.05, 3.63) is 42.2 Å². The lowest BCUT2D eigenvalue weighted by Crippen LogP contribution is -2.35. The predicted molar refractivity (Wildman–Crippen MR) is 85.7 cm³/mol. The Morgan fingerprint density at radius 1 is 1.39 bits per heavy atom. The second-order valence-electron chi connectivity index (χ2n) is 5.40. The van der Waals surface area contributed by atoms with Crippen molar-refractivity contribution in [3.8, 4) is 0 Å². The van der Waals surface area contributed by atoms with Gasteiger partial charge in [-0.05, 0) is 50.2 Å². The average molecular weight is 334 g/mol. The lowest BCUT2D eigenvalue weighted by molar-refractivity contribution is -0.121. The molecule has 0 saturated heterocycles. The molecule has 1 aromatic heterocycles. The van der Waals surface area contributed by atoms with Crippen molar-refractivity contribution in [2.45, 2.75) is 24.3 Å². The van der Waals surface area contributed by atoms with E-state index in [9.17, 15) is 13.2 Å². The normalized spacial score (nSPS) is 15.5. The van der Waals surface area contributed by atoms with E-state index in [1.807, 2.05) is 0 Å². The fourth-order valence-electron chi connectivity index (χ4n) is 2.74. The van der Waals surface area contributed by atoms with Crippen LogP contribution in [0, 0.1) is 0 Å². The first-order chi connectivity index (χ1) is 10.9. The molecule has 0 spiro atoms. The van der Waals surface area contributed by atoms with Gasteiger partial charge < -0.3 is 4.90 Å². The van der Waals surface area contributed by atoms with Gasteiger partial charge in [-0.1, -0.05) is 0 Å². The number of aromatic nitrogens is 2. The Hall–Kier alpha value is -2.19. The molecule has 0 unspecified atom stereocenters. The molecule has 122 valence electrons. The Kier molecular flexibility index (Phi) is 3.95. The lowest BCUT2D eigenvalue weighted by atomic mass is 10.2. The molecule has 7 nitrogen and oxygen atoms in total. The third kappa shape index (κ3) is 2.75. The number of benzene rings is 1. The van der Waals surface area contributed by atoms with Crippen LogP contribution in [0.15, 0.2) is 41.6 Å². The lowest BCUT2D eigenvalue weighted by Gasteiger charge is -2.22. The highest BCUT2D eigenvalue weighted by Crippen LogP contribution is 2.31. The summed E-state index contributed by atoms with van der Waals surface area (Å²) >= 11 is 0. The quantitative estimate of drug-likeness (QED) is 0.902. The number of nitrogens with zero attached hydrogens (tertiary/aromatic N) is 3. The van der Waals surface area contributed by atoms with Gasteiger partial charge in [0.2, 0.25) is 10.0 Å². The molecule has 23 heavy (non-hydrogen) atoms. The molecule has 0 saturated carbocycles. The minimum Gasteiger partial charge on any atom is -0.310 e. The van der Waals surface area contributed by atoms with Crippen LogP contribution in [0.25, 0.3) is 0 Å². The van der Waals surface area contributed by atoms with Gasteiger partial charge >= 0.3 is 0 Å². The fraction of sp³-hybridized carbons (Fsp3) is 0.333. The molecule has 0 bridgehead atoms. The predicted octanol–water partition coefficient (Wildman–Crippen LogP) is 0.941. The topological polar surface area (TPSA) is 84.3 Å². The monoisotopic (exact) mass is 334 g/mol. The number of sulfonamides is 1. The van der Waals surface area contributed by atoms with E-state index < -0.39 is 16.1 Å². The van der Waals surface area contributed by atoms with Gasteiger partial charge in [0, 0.05) is 24.6 Å². The first-order valence-electron chi connectivity index (χ1n) is 7.31. The van der Waals surface area contributed by atoms with Crippen LogP contribution in [-0.4, -0.2) is 37.7 Å². The van der Waals surface area contributed by atoms with Crippen LogP contribution >= 0.6 is 0 Å². The van der Waals surface area contributed by atoms with E-state index >= 15 is 0 Å². The summed E-state index contributed by atoms with van der Waals surface area (Å²) in [7, 11) is -2.10. The summed E-state index contributed by atoms with van der Waals surface area (Å²) in [5.41, 5.74) is 1.63. The minimum absolute atomic E-state index is 0.0586. The Labute approximate surface area is 135 Å². The van der Waals surface area contributed by atoms with Gasteiger partial charge in [0.1, 0.15) is 6.04 Å². The maximum atomic E-state index is 12.7. The average Bonchev–Trinajstić information content (AvgIpc) is 3.22. The molecule has 2 heterocycles. The van der Waals surface area contributed by atoms with Gasteiger partial charge in [0.05, 0.1) is 4.90 Å². The molecule has 0 aliphatic carbocycles. The van der Waals surface area contributed by atoms with E-state index in [0.717, 1.165) is 11.3 Å². The van der Waals surface area contributed by atoms with Crippen LogP contribution in [0.2, 0.25) is 0 Å². The van der Waals surface area contributed by atoms with Crippen LogP contribution in [-0.2, 0) is 21.2 Å². The standard InChI is InChI=1S/C15H18N4O3S/c1-11(19-8-3-7-17-19)15(20)18-9-6-12-10-13(4-5-14(12)18)23(21,22)16-2/h3-5,7-8,10-11,16H,6,9H2,1-2H3/t11-/m1/s1. The van der Waals surface area contributed by atoms with Gasteiger partial charge in [0.15, 0.2) is 0 Å². The largest absolute Gasteiger partial charge is 0.310 e. The molecule has 1 aromatic carbocycles. The van der Waals surface area contributed by atoms with Crippen molar-refractivity contribution in [1.29, 1.82) is 0 Å². The molecule has 2 aromatic rings. The van der Waals surface area contributed by atoms with Crippen molar-refractivity contribution >= 4 is 21.6 Å². The maximum absolute atomic E-state index is 12.7. The van der Waals surface area contributed by atoms with Crippen LogP contribution < -0.4 is 9.62 Å². The highest BCUT2D eigenvalue weighted by atomic mass is 32.2. The molecule has 1 aliphatic rings. The van der Waals surface area contributed by atoms with Crippen LogP contribution in [0.4, 0.5) is 5.69 Å². The third-order valence-electron chi connectivity index (χ3n) is 4.07. The zero-order chi connectivity index (χ0) is 16.6. The summed E-state index contributed by atoms with van der Waals surface area (Å²) < 4.78 is 27.7. The Balaban J connectivity index is 1.89. The van der Waals surface area contributed by atoms with Crippen LogP contribution in [0.3, 0.4) is 0 Å². The highest BCUT2D eigenvalue weighted by molar-refractivity contribution is 7.89. The van der Waals surface area contributed by atoms with E-state index in [-0.39, 0.29) is 10.8 Å². The van der Waals surface area contributed by atoms with Crippen molar-refractivity contribution in [1.82, 2.24) is 14.5 Å². The third-order valence-corrected chi connectivity index (χ3v) is 5.48. The Bertz CT molecular complexity index is 830. The zero-order valence-electron chi connectivity index (χ0n) is 12.9. The summed E-state index contributed by atoms with van der Waals surface area (Å²) in [6.07, 6.45) is 4.03. The molecule has 1 atom stereocenters. The first kappa shape index (κ1) is 15.7. The second kappa shape index (κ2) is 5.78. The molecule has 0 radical (unpaired) electrons. The van der Waals surface area contributed by atoms with E-state index in [1.165, 1.54) is 13.1 Å². The molecule has 3 rings (SSSR count). The molecule has 1 N–H and O–H groups in total. The highest BCUT2D eigenvalue weighted by Gasteiger charge is 2.30. The van der Waals surface area contributed by atoms with Gasteiger partial charge in [-0.2, -0.15) is 5.10 Å². The van der Waals surface area contributed by atoms with E-state index in [2.05, 4.69) is 9.82 Å². The SMILES string of the molecule is CNS(=O)(=O)c1ccc2c(c1)CCN2C(=O)[C@@H](C)n1cccn1. The van der Waals surface area contributed by atoms with Gasteiger partial charge in [-0.3, -0.25) is 9.48 Å². The van der Waals surface area contributed by atoms with E-state index in [4.69, 9.17) is 0 Å². The number of hydrogen-bond donors (Lipinski definition) is 1.